The Morgan fingerprint density at radius 3 is 2.92 bits per heavy atom. The van der Waals surface area contributed by atoms with Crippen molar-refractivity contribution in [3.8, 4) is 17.2 Å². The lowest BCUT2D eigenvalue weighted by atomic mass is 9.97. The van der Waals surface area contributed by atoms with Crippen molar-refractivity contribution in [3.05, 3.63) is 54.2 Å². The van der Waals surface area contributed by atoms with E-state index in [9.17, 15) is 8.42 Å². The van der Waals surface area contributed by atoms with Crippen LogP contribution < -0.4 is 9.46 Å². The molecular formula is C18H19N3O4S. The zero-order chi connectivity index (χ0) is 18.0. The molecule has 0 unspecified atom stereocenters. The summed E-state index contributed by atoms with van der Waals surface area (Å²) in [6.45, 7) is 0.911. The summed E-state index contributed by atoms with van der Waals surface area (Å²) >= 11 is 0. The van der Waals surface area contributed by atoms with Crippen LogP contribution in [0.1, 0.15) is 12.0 Å². The second-order valence-corrected chi connectivity index (χ2v) is 7.95. The first-order chi connectivity index (χ1) is 12.6. The van der Waals surface area contributed by atoms with Gasteiger partial charge >= 0.3 is 0 Å². The van der Waals surface area contributed by atoms with Crippen molar-refractivity contribution in [2.24, 2.45) is 5.92 Å². The highest BCUT2D eigenvalue weighted by Gasteiger charge is 2.23. The van der Waals surface area contributed by atoms with Crippen LogP contribution in [-0.2, 0) is 16.4 Å². The second kappa shape index (κ2) is 6.97. The molecule has 0 fully saturated rings. The average molecular weight is 373 g/mol. The average Bonchev–Trinajstić information content (AvgIpc) is 3.28. The zero-order valence-electron chi connectivity index (χ0n) is 14.0. The Kier molecular flexibility index (Phi) is 4.52. The van der Waals surface area contributed by atoms with Gasteiger partial charge in [0.15, 0.2) is 5.76 Å². The lowest BCUT2D eigenvalue weighted by molar-refractivity contribution is 0.294. The minimum absolute atomic E-state index is 0.104. The SMILES string of the molecule is O=S(=O)(NC[C@H]1CCOc2ccccc2C1)c1ccc(-c2ccn[nH]2)o1. The molecule has 7 nitrogen and oxygen atoms in total. The molecule has 3 aromatic rings. The molecule has 0 bridgehead atoms. The summed E-state index contributed by atoms with van der Waals surface area (Å²) in [6.07, 6.45) is 3.14. The summed E-state index contributed by atoms with van der Waals surface area (Å²) in [5.41, 5.74) is 1.73. The van der Waals surface area contributed by atoms with Gasteiger partial charge in [0.05, 0.1) is 6.61 Å². The lowest BCUT2D eigenvalue weighted by Gasteiger charge is -2.14. The van der Waals surface area contributed by atoms with Gasteiger partial charge in [0.2, 0.25) is 5.09 Å². The number of furan rings is 1. The number of ether oxygens (including phenoxy) is 1. The number of sulfonamides is 1. The largest absolute Gasteiger partial charge is 0.493 e. The Morgan fingerprint density at radius 2 is 2.08 bits per heavy atom. The van der Waals surface area contributed by atoms with Crippen molar-refractivity contribution < 1.29 is 17.6 Å². The summed E-state index contributed by atoms with van der Waals surface area (Å²) < 4.78 is 38.9. The van der Waals surface area contributed by atoms with Gasteiger partial charge in [0, 0.05) is 12.7 Å². The second-order valence-electron chi connectivity index (χ2n) is 6.26. The van der Waals surface area contributed by atoms with Crippen LogP contribution in [0.4, 0.5) is 0 Å². The van der Waals surface area contributed by atoms with Crippen LogP contribution in [0.25, 0.3) is 11.5 Å². The van der Waals surface area contributed by atoms with Gasteiger partial charge in [0.1, 0.15) is 11.4 Å². The molecule has 3 heterocycles. The van der Waals surface area contributed by atoms with E-state index in [4.69, 9.17) is 9.15 Å². The number of benzene rings is 1. The maximum Gasteiger partial charge on any atom is 0.273 e. The number of rotatable bonds is 5. The molecular weight excluding hydrogens is 354 g/mol. The Morgan fingerprint density at radius 1 is 1.19 bits per heavy atom. The first-order valence-corrected chi connectivity index (χ1v) is 9.90. The van der Waals surface area contributed by atoms with Gasteiger partial charge in [-0.1, -0.05) is 18.2 Å². The van der Waals surface area contributed by atoms with Crippen LogP contribution in [0.3, 0.4) is 0 Å². The van der Waals surface area contributed by atoms with Gasteiger partial charge in [-0.2, -0.15) is 5.10 Å². The molecule has 8 heteroatoms. The van der Waals surface area contributed by atoms with Crippen LogP contribution in [0.2, 0.25) is 0 Å². The Hall–Kier alpha value is -2.58. The molecule has 1 aromatic carbocycles. The molecule has 1 aliphatic rings. The number of aromatic amines is 1. The number of hydrogen-bond donors (Lipinski definition) is 2. The Balaban J connectivity index is 1.44. The van der Waals surface area contributed by atoms with E-state index < -0.39 is 10.0 Å². The highest BCUT2D eigenvalue weighted by Crippen LogP contribution is 2.27. The van der Waals surface area contributed by atoms with Crippen molar-refractivity contribution in [1.29, 1.82) is 0 Å². The van der Waals surface area contributed by atoms with Crippen LogP contribution >= 0.6 is 0 Å². The van der Waals surface area contributed by atoms with Gasteiger partial charge in [-0.3, -0.25) is 5.10 Å². The molecule has 1 atom stereocenters. The topological polar surface area (TPSA) is 97.2 Å². The molecule has 136 valence electrons. The first kappa shape index (κ1) is 16.9. The quantitative estimate of drug-likeness (QED) is 0.716. The number of nitrogens with zero attached hydrogens (tertiary/aromatic N) is 1. The van der Waals surface area contributed by atoms with Gasteiger partial charge in [-0.15, -0.1) is 0 Å². The number of fused-ring (bicyclic) bond motifs is 1. The van der Waals surface area contributed by atoms with E-state index in [1.54, 1.807) is 18.3 Å². The normalized spacial score (nSPS) is 17.3. The molecule has 2 aromatic heterocycles. The van der Waals surface area contributed by atoms with Crippen molar-refractivity contribution in [3.63, 3.8) is 0 Å². The molecule has 0 saturated heterocycles. The molecule has 1 aliphatic heterocycles. The molecule has 0 amide bonds. The van der Waals surface area contributed by atoms with E-state index in [0.717, 1.165) is 24.2 Å². The minimum Gasteiger partial charge on any atom is -0.493 e. The van der Waals surface area contributed by atoms with Crippen molar-refractivity contribution in [2.45, 2.75) is 17.9 Å². The van der Waals surface area contributed by atoms with Crippen LogP contribution in [-0.4, -0.2) is 31.8 Å². The van der Waals surface area contributed by atoms with E-state index in [0.29, 0.717) is 24.6 Å². The number of H-pyrrole nitrogens is 1. The fourth-order valence-corrected chi connectivity index (χ4v) is 4.08. The van der Waals surface area contributed by atoms with Gasteiger partial charge in [0.25, 0.3) is 10.0 Å². The van der Waals surface area contributed by atoms with Crippen molar-refractivity contribution in [2.75, 3.05) is 13.2 Å². The van der Waals surface area contributed by atoms with Crippen molar-refractivity contribution >= 4 is 10.0 Å². The zero-order valence-corrected chi connectivity index (χ0v) is 14.8. The molecule has 2 N–H and O–H groups in total. The monoisotopic (exact) mass is 373 g/mol. The fourth-order valence-electron chi connectivity index (χ4n) is 3.04. The molecule has 0 spiro atoms. The number of para-hydroxylation sites is 1. The third-order valence-corrected chi connectivity index (χ3v) is 5.74. The number of hydrogen-bond acceptors (Lipinski definition) is 5. The number of nitrogens with one attached hydrogen (secondary N) is 2. The molecule has 0 saturated carbocycles. The first-order valence-electron chi connectivity index (χ1n) is 8.42. The highest BCUT2D eigenvalue weighted by molar-refractivity contribution is 7.89. The van der Waals surface area contributed by atoms with Gasteiger partial charge in [-0.25, -0.2) is 13.1 Å². The predicted octanol–water partition coefficient (Wildman–Crippen LogP) is 2.59. The molecule has 0 radical (unpaired) electrons. The van der Waals surface area contributed by atoms with Gasteiger partial charge < -0.3 is 9.15 Å². The van der Waals surface area contributed by atoms with Gasteiger partial charge in [-0.05, 0) is 48.6 Å². The highest BCUT2D eigenvalue weighted by atomic mass is 32.2. The van der Waals surface area contributed by atoms with E-state index in [2.05, 4.69) is 14.9 Å². The van der Waals surface area contributed by atoms with E-state index in [-0.39, 0.29) is 11.0 Å². The minimum atomic E-state index is -3.71. The summed E-state index contributed by atoms with van der Waals surface area (Å²) in [6, 6.07) is 12.6. The summed E-state index contributed by atoms with van der Waals surface area (Å²) in [5, 5.41) is 6.47. The van der Waals surface area contributed by atoms with E-state index >= 15 is 0 Å². The Bertz CT molecular complexity index is 980. The standard InChI is InChI=1S/C18H19N3O4S/c22-26(23,18-6-5-17(25-18)15-7-9-19-21-15)20-12-13-8-10-24-16-4-2-1-3-14(16)11-13/h1-7,9,13,20H,8,10-12H2,(H,19,21)/t13-/m0/s1. The summed E-state index contributed by atoms with van der Waals surface area (Å²) in [4.78, 5) is 0. The van der Waals surface area contributed by atoms with Crippen LogP contribution in [0.15, 0.2) is 58.2 Å². The lowest BCUT2D eigenvalue weighted by Crippen LogP contribution is -2.30. The van der Waals surface area contributed by atoms with Crippen molar-refractivity contribution in [1.82, 2.24) is 14.9 Å². The van der Waals surface area contributed by atoms with Crippen LogP contribution in [0.5, 0.6) is 5.75 Å². The summed E-state index contributed by atoms with van der Waals surface area (Å²) in [7, 11) is -3.71. The number of aromatic nitrogens is 2. The molecule has 4 rings (SSSR count). The maximum atomic E-state index is 12.5. The fraction of sp³-hybridized carbons (Fsp3) is 0.278. The predicted molar refractivity (Wildman–Crippen MR) is 95.2 cm³/mol. The molecule has 0 aliphatic carbocycles. The van der Waals surface area contributed by atoms with E-state index in [1.807, 2.05) is 24.3 Å². The third kappa shape index (κ3) is 3.51. The van der Waals surface area contributed by atoms with E-state index in [1.165, 1.54) is 6.07 Å². The molecule has 26 heavy (non-hydrogen) atoms. The van der Waals surface area contributed by atoms with Crippen LogP contribution in [0, 0.1) is 5.92 Å². The maximum absolute atomic E-state index is 12.5. The Labute approximate surface area is 151 Å². The smallest absolute Gasteiger partial charge is 0.273 e. The summed E-state index contributed by atoms with van der Waals surface area (Å²) in [5.74, 6) is 1.48. The third-order valence-electron chi connectivity index (χ3n) is 4.44.